The summed E-state index contributed by atoms with van der Waals surface area (Å²) in [5.74, 6) is -2.48. The van der Waals surface area contributed by atoms with Gasteiger partial charge < -0.3 is 0 Å². The van der Waals surface area contributed by atoms with E-state index in [1.54, 1.807) is 0 Å². The Hall–Kier alpha value is -1.10. The SMILES string of the molecule is CCCCS(=O)CC(=O)c1c(F)cccc1F. The van der Waals surface area contributed by atoms with E-state index in [-0.39, 0.29) is 5.75 Å². The summed E-state index contributed by atoms with van der Waals surface area (Å²) in [7, 11) is -1.35. The summed E-state index contributed by atoms with van der Waals surface area (Å²) in [5, 5.41) is 0. The Morgan fingerprint density at radius 1 is 1.29 bits per heavy atom. The molecular weight excluding hydrogens is 246 g/mol. The Bertz CT molecular complexity index is 412. The van der Waals surface area contributed by atoms with Gasteiger partial charge in [-0.05, 0) is 18.6 Å². The van der Waals surface area contributed by atoms with Gasteiger partial charge in [0, 0.05) is 16.6 Å². The highest BCUT2D eigenvalue weighted by Crippen LogP contribution is 2.13. The molecule has 1 aromatic carbocycles. The van der Waals surface area contributed by atoms with Gasteiger partial charge in [-0.1, -0.05) is 19.4 Å². The molecule has 0 heterocycles. The molecule has 1 atom stereocenters. The fourth-order valence-corrected chi connectivity index (χ4v) is 2.55. The molecule has 1 rings (SSSR count). The zero-order valence-corrected chi connectivity index (χ0v) is 10.4. The molecule has 0 radical (unpaired) electrons. The lowest BCUT2D eigenvalue weighted by molar-refractivity contribution is 0.101. The van der Waals surface area contributed by atoms with E-state index in [2.05, 4.69) is 0 Å². The zero-order chi connectivity index (χ0) is 12.8. The molecule has 1 aromatic rings. The molecule has 0 saturated heterocycles. The van der Waals surface area contributed by atoms with E-state index in [4.69, 9.17) is 0 Å². The Morgan fingerprint density at radius 3 is 2.41 bits per heavy atom. The molecule has 0 amide bonds. The number of unbranched alkanes of at least 4 members (excludes halogenated alkanes) is 1. The summed E-state index contributed by atoms with van der Waals surface area (Å²) in [6, 6.07) is 3.23. The Kier molecular flexibility index (Phi) is 5.41. The number of benzene rings is 1. The van der Waals surface area contributed by atoms with Gasteiger partial charge in [-0.3, -0.25) is 9.00 Å². The number of halogens is 2. The van der Waals surface area contributed by atoms with E-state index in [0.717, 1.165) is 25.0 Å². The van der Waals surface area contributed by atoms with Crippen LogP contribution in [0.25, 0.3) is 0 Å². The van der Waals surface area contributed by atoms with E-state index in [0.29, 0.717) is 5.75 Å². The summed E-state index contributed by atoms with van der Waals surface area (Å²) >= 11 is 0. The van der Waals surface area contributed by atoms with Crippen molar-refractivity contribution in [2.45, 2.75) is 19.8 Å². The maximum Gasteiger partial charge on any atom is 0.181 e. The molecule has 0 bridgehead atoms. The largest absolute Gasteiger partial charge is 0.293 e. The normalized spacial score (nSPS) is 12.4. The Balaban J connectivity index is 2.73. The molecule has 0 aromatic heterocycles. The molecule has 0 spiro atoms. The minimum absolute atomic E-state index is 0.322. The van der Waals surface area contributed by atoms with Crippen molar-refractivity contribution >= 4 is 16.6 Å². The summed E-state index contributed by atoms with van der Waals surface area (Å²) in [5.41, 5.74) is -0.586. The minimum atomic E-state index is -1.35. The van der Waals surface area contributed by atoms with Crippen molar-refractivity contribution in [1.82, 2.24) is 0 Å². The first kappa shape index (κ1) is 14.0. The van der Waals surface area contributed by atoms with Crippen LogP contribution in [0.15, 0.2) is 18.2 Å². The summed E-state index contributed by atoms with van der Waals surface area (Å²) in [6.45, 7) is 1.94. The monoisotopic (exact) mass is 260 g/mol. The van der Waals surface area contributed by atoms with Gasteiger partial charge in [0.05, 0.1) is 11.3 Å². The molecule has 5 heteroatoms. The average Bonchev–Trinajstić information content (AvgIpc) is 2.26. The van der Waals surface area contributed by atoms with Crippen LogP contribution in [-0.4, -0.2) is 21.5 Å². The lowest BCUT2D eigenvalue weighted by atomic mass is 10.1. The first-order chi connectivity index (χ1) is 8.06. The van der Waals surface area contributed by atoms with Gasteiger partial charge in [-0.15, -0.1) is 0 Å². The van der Waals surface area contributed by atoms with Crippen LogP contribution in [0.5, 0.6) is 0 Å². The summed E-state index contributed by atoms with van der Waals surface area (Å²) in [6.07, 6.45) is 1.60. The second kappa shape index (κ2) is 6.59. The number of carbonyl (C=O) groups excluding carboxylic acids is 1. The molecule has 94 valence electrons. The molecule has 0 fully saturated rings. The summed E-state index contributed by atoms with van der Waals surface area (Å²) in [4.78, 5) is 11.6. The standard InChI is InChI=1S/C12H14F2O2S/c1-2-3-7-17(16)8-11(15)12-9(13)5-4-6-10(12)14/h4-6H,2-3,7-8H2,1H3. The van der Waals surface area contributed by atoms with Crippen molar-refractivity contribution in [3.63, 3.8) is 0 Å². The van der Waals surface area contributed by atoms with Gasteiger partial charge >= 0.3 is 0 Å². The number of ketones is 1. The van der Waals surface area contributed by atoms with Gasteiger partial charge in [-0.25, -0.2) is 8.78 Å². The maximum absolute atomic E-state index is 13.2. The average molecular weight is 260 g/mol. The topological polar surface area (TPSA) is 34.1 Å². The van der Waals surface area contributed by atoms with Gasteiger partial charge in [0.2, 0.25) is 0 Å². The molecule has 0 saturated carbocycles. The quantitative estimate of drug-likeness (QED) is 0.737. The molecule has 17 heavy (non-hydrogen) atoms. The van der Waals surface area contributed by atoms with Gasteiger partial charge in [-0.2, -0.15) is 0 Å². The third-order valence-electron chi connectivity index (χ3n) is 2.26. The van der Waals surface area contributed by atoms with Crippen LogP contribution >= 0.6 is 0 Å². The third-order valence-corrected chi connectivity index (χ3v) is 3.59. The predicted molar refractivity (Wildman–Crippen MR) is 63.5 cm³/mol. The van der Waals surface area contributed by atoms with Gasteiger partial charge in [0.1, 0.15) is 11.6 Å². The van der Waals surface area contributed by atoms with Crippen molar-refractivity contribution < 1.29 is 17.8 Å². The predicted octanol–water partition coefficient (Wildman–Crippen LogP) is 2.70. The second-order valence-corrected chi connectivity index (χ2v) is 5.24. The van der Waals surface area contributed by atoms with Crippen LogP contribution in [0.3, 0.4) is 0 Å². The van der Waals surface area contributed by atoms with Crippen LogP contribution in [0.2, 0.25) is 0 Å². The van der Waals surface area contributed by atoms with Crippen LogP contribution in [0.1, 0.15) is 30.1 Å². The fraction of sp³-hybridized carbons (Fsp3) is 0.417. The van der Waals surface area contributed by atoms with Crippen LogP contribution in [0.4, 0.5) is 8.78 Å². The lowest BCUT2D eigenvalue weighted by Crippen LogP contribution is -2.16. The van der Waals surface area contributed by atoms with Gasteiger partial charge in [0.15, 0.2) is 5.78 Å². The van der Waals surface area contributed by atoms with E-state index in [1.165, 1.54) is 6.07 Å². The van der Waals surface area contributed by atoms with Crippen LogP contribution in [0, 0.1) is 11.6 Å². The first-order valence-corrected chi connectivity index (χ1v) is 6.87. The molecule has 2 nitrogen and oxygen atoms in total. The van der Waals surface area contributed by atoms with Crippen LogP contribution < -0.4 is 0 Å². The highest BCUT2D eigenvalue weighted by Gasteiger charge is 2.18. The first-order valence-electron chi connectivity index (χ1n) is 5.38. The molecule has 0 aliphatic heterocycles. The van der Waals surface area contributed by atoms with E-state index < -0.39 is 33.8 Å². The van der Waals surface area contributed by atoms with Crippen molar-refractivity contribution in [3.8, 4) is 0 Å². The number of Topliss-reactive ketones (excluding diaryl/α,β-unsaturated/α-hetero) is 1. The zero-order valence-electron chi connectivity index (χ0n) is 9.54. The van der Waals surface area contributed by atoms with Crippen molar-refractivity contribution in [3.05, 3.63) is 35.4 Å². The van der Waals surface area contributed by atoms with Crippen molar-refractivity contribution in [2.24, 2.45) is 0 Å². The maximum atomic E-state index is 13.2. The van der Waals surface area contributed by atoms with Gasteiger partial charge in [0.25, 0.3) is 0 Å². The second-order valence-electron chi connectivity index (χ2n) is 3.66. The number of hydrogen-bond donors (Lipinski definition) is 0. The molecule has 0 aliphatic carbocycles. The Labute approximate surface area is 101 Å². The highest BCUT2D eigenvalue weighted by atomic mass is 32.2. The van der Waals surface area contributed by atoms with E-state index in [1.807, 2.05) is 6.92 Å². The lowest BCUT2D eigenvalue weighted by Gasteiger charge is -2.04. The Morgan fingerprint density at radius 2 is 1.88 bits per heavy atom. The number of carbonyl (C=O) groups is 1. The molecule has 0 aliphatic rings. The van der Waals surface area contributed by atoms with E-state index in [9.17, 15) is 17.8 Å². The summed E-state index contributed by atoms with van der Waals surface area (Å²) < 4.78 is 37.9. The number of rotatable bonds is 6. The third kappa shape index (κ3) is 4.00. The highest BCUT2D eigenvalue weighted by molar-refractivity contribution is 7.85. The fourth-order valence-electron chi connectivity index (χ4n) is 1.36. The molecule has 0 N–H and O–H groups in total. The van der Waals surface area contributed by atoms with Crippen molar-refractivity contribution in [1.29, 1.82) is 0 Å². The number of hydrogen-bond acceptors (Lipinski definition) is 2. The molecule has 1 unspecified atom stereocenters. The van der Waals surface area contributed by atoms with Crippen LogP contribution in [-0.2, 0) is 10.8 Å². The van der Waals surface area contributed by atoms with E-state index >= 15 is 0 Å². The minimum Gasteiger partial charge on any atom is -0.293 e. The smallest absolute Gasteiger partial charge is 0.181 e. The van der Waals surface area contributed by atoms with Crippen molar-refractivity contribution in [2.75, 3.05) is 11.5 Å². The molecular formula is C12H14F2O2S.